The van der Waals surface area contributed by atoms with Crippen LogP contribution in [0.3, 0.4) is 0 Å². The number of hydrogen-bond donors (Lipinski definition) is 0. The van der Waals surface area contributed by atoms with Crippen LogP contribution in [0.5, 0.6) is 5.75 Å². The van der Waals surface area contributed by atoms with Crippen LogP contribution in [-0.2, 0) is 35.3 Å². The van der Waals surface area contributed by atoms with Crippen molar-refractivity contribution in [3.8, 4) is 5.75 Å². The molecule has 5 aromatic carbocycles. The van der Waals surface area contributed by atoms with Crippen molar-refractivity contribution in [1.82, 2.24) is 4.90 Å². The number of carbonyl (C=O) groups is 4. The Morgan fingerprint density at radius 3 is 1.72 bits per heavy atom. The Bertz CT molecular complexity index is 2070. The molecule has 1 aliphatic rings. The van der Waals surface area contributed by atoms with E-state index in [0.29, 0.717) is 11.3 Å². The summed E-state index contributed by atoms with van der Waals surface area (Å²) in [4.78, 5) is 67.1. The molecule has 0 bridgehead atoms. The van der Waals surface area contributed by atoms with Crippen molar-refractivity contribution < 1.29 is 38.3 Å². The normalized spacial score (nSPS) is 15.1. The standard InChI is InChI=1S/C40H33N2O9PS/c1-28(43)53-39-36(51-35(44)27-49-31-14-6-2-7-15-31)37(45)41(39)38(40(46)50-26-29-22-24-30(25-23-29)42(47)48)52(32-16-8-3-9-17-32,33-18-10-4-11-19-33)34-20-12-5-13-21-34/h2-25,36,39H,26-27H2,1H3/t36-,39+/m0/s1. The van der Waals surface area contributed by atoms with E-state index in [-0.39, 0.29) is 22.8 Å². The highest BCUT2D eigenvalue weighted by Gasteiger charge is 2.57. The molecule has 0 spiro atoms. The Labute approximate surface area is 309 Å². The molecule has 6 rings (SSSR count). The second-order valence-electron chi connectivity index (χ2n) is 11.7. The summed E-state index contributed by atoms with van der Waals surface area (Å²) in [5.74, 6) is -1.98. The molecule has 1 amide bonds. The van der Waals surface area contributed by atoms with Crippen molar-refractivity contribution in [3.05, 3.63) is 161 Å². The summed E-state index contributed by atoms with van der Waals surface area (Å²) in [6.45, 7) is -2.79. The van der Waals surface area contributed by atoms with Gasteiger partial charge in [0.1, 0.15) is 23.1 Å². The molecule has 0 aliphatic carbocycles. The molecule has 0 aromatic heterocycles. The molecular weight excluding hydrogens is 715 g/mol. The van der Waals surface area contributed by atoms with Gasteiger partial charge in [0, 0.05) is 25.9 Å². The minimum atomic E-state index is -3.35. The smallest absolute Gasteiger partial charge is 0.356 e. The van der Waals surface area contributed by atoms with E-state index < -0.39 is 47.7 Å². The third-order valence-corrected chi connectivity index (χ3v) is 13.6. The average Bonchev–Trinajstić information content (AvgIpc) is 3.19. The second kappa shape index (κ2) is 16.6. The molecule has 2 atom stereocenters. The van der Waals surface area contributed by atoms with Crippen molar-refractivity contribution in [2.45, 2.75) is 25.0 Å². The number of hydrogen-bond acceptors (Lipinski definition) is 10. The van der Waals surface area contributed by atoms with Gasteiger partial charge in [0.05, 0.1) is 4.92 Å². The topological polar surface area (TPSA) is 142 Å². The minimum absolute atomic E-state index is 0.0282. The molecule has 53 heavy (non-hydrogen) atoms. The highest BCUT2D eigenvalue weighted by atomic mass is 32.2. The van der Waals surface area contributed by atoms with Gasteiger partial charge in [-0.3, -0.25) is 24.6 Å². The Balaban J connectivity index is 1.52. The zero-order valence-corrected chi connectivity index (χ0v) is 30.1. The Morgan fingerprint density at radius 2 is 1.25 bits per heavy atom. The van der Waals surface area contributed by atoms with Crippen LogP contribution in [0.4, 0.5) is 5.69 Å². The van der Waals surface area contributed by atoms with E-state index in [4.69, 9.17) is 14.2 Å². The van der Waals surface area contributed by atoms with Crippen LogP contribution in [0.2, 0.25) is 0 Å². The largest absolute Gasteiger partial charge is 0.482 e. The van der Waals surface area contributed by atoms with Crippen LogP contribution in [-0.4, -0.2) is 56.3 Å². The summed E-state index contributed by atoms with van der Waals surface area (Å²) in [6, 6.07) is 42.1. The third-order valence-electron chi connectivity index (χ3n) is 8.32. The number of β-lactam (4-membered cyclic amide) rings is 1. The summed E-state index contributed by atoms with van der Waals surface area (Å²) in [6.07, 6.45) is -1.42. The van der Waals surface area contributed by atoms with E-state index in [0.717, 1.165) is 27.7 Å². The number of thioether (sulfide) groups is 1. The van der Waals surface area contributed by atoms with Gasteiger partial charge in [-0.25, -0.2) is 9.59 Å². The number of likely N-dealkylation sites (tertiary alicyclic amines) is 1. The molecule has 0 saturated carbocycles. The lowest BCUT2D eigenvalue weighted by Gasteiger charge is -2.47. The number of nitro benzene ring substituents is 1. The number of ether oxygens (including phenoxy) is 3. The quantitative estimate of drug-likeness (QED) is 0.0519. The number of non-ortho nitro benzene ring substituents is 1. The molecule has 1 aliphatic heterocycles. The zero-order chi connectivity index (χ0) is 37.4. The second-order valence-corrected chi connectivity index (χ2v) is 16.3. The van der Waals surface area contributed by atoms with Crippen molar-refractivity contribution in [1.29, 1.82) is 0 Å². The summed E-state index contributed by atoms with van der Waals surface area (Å²) in [5, 5.41) is 11.9. The van der Waals surface area contributed by atoms with Crippen molar-refractivity contribution in [3.63, 3.8) is 0 Å². The highest BCUT2D eigenvalue weighted by Crippen LogP contribution is 2.50. The summed E-state index contributed by atoms with van der Waals surface area (Å²) >= 11 is 0.757. The van der Waals surface area contributed by atoms with Crippen LogP contribution < -0.4 is 20.7 Å². The summed E-state index contributed by atoms with van der Waals surface area (Å²) < 4.78 is 17.2. The number of carbonyl (C=O) groups excluding carboxylic acids is 4. The van der Waals surface area contributed by atoms with Crippen LogP contribution in [0.25, 0.3) is 0 Å². The summed E-state index contributed by atoms with van der Waals surface area (Å²) in [7, 11) is 0. The maximum absolute atomic E-state index is 14.9. The maximum Gasteiger partial charge on any atom is 0.356 e. The number of nitrogens with zero attached hydrogens (tertiary/aromatic N) is 2. The highest BCUT2D eigenvalue weighted by molar-refractivity contribution is 8.14. The monoisotopic (exact) mass is 748 g/mol. The van der Waals surface area contributed by atoms with Gasteiger partial charge in [-0.1, -0.05) is 121 Å². The predicted molar refractivity (Wildman–Crippen MR) is 204 cm³/mol. The first-order valence-electron chi connectivity index (χ1n) is 16.4. The van der Waals surface area contributed by atoms with Crippen molar-refractivity contribution >= 4 is 68.6 Å². The van der Waals surface area contributed by atoms with Crippen LogP contribution in [0, 0.1) is 10.1 Å². The molecule has 11 nitrogen and oxygen atoms in total. The molecule has 13 heteroatoms. The molecule has 5 aromatic rings. The number of amides is 1. The molecule has 268 valence electrons. The first-order chi connectivity index (χ1) is 25.7. The predicted octanol–water partition coefficient (Wildman–Crippen LogP) is 5.20. The lowest BCUT2D eigenvalue weighted by molar-refractivity contribution is -0.384. The van der Waals surface area contributed by atoms with Crippen LogP contribution >= 0.6 is 18.6 Å². The van der Waals surface area contributed by atoms with Gasteiger partial charge in [0.2, 0.25) is 6.10 Å². The maximum atomic E-state index is 14.9. The average molecular weight is 749 g/mol. The van der Waals surface area contributed by atoms with Gasteiger partial charge >= 0.3 is 11.9 Å². The Morgan fingerprint density at radius 1 is 0.755 bits per heavy atom. The Hall–Kier alpha value is -5.97. The van der Waals surface area contributed by atoms with E-state index in [9.17, 15) is 29.3 Å². The van der Waals surface area contributed by atoms with E-state index in [1.807, 2.05) is 91.0 Å². The molecule has 0 radical (unpaired) electrons. The van der Waals surface area contributed by atoms with E-state index in [1.54, 1.807) is 30.3 Å². The first-order valence-corrected chi connectivity index (χ1v) is 19.1. The van der Waals surface area contributed by atoms with Gasteiger partial charge in [0.25, 0.3) is 11.6 Å². The van der Waals surface area contributed by atoms with Crippen LogP contribution in [0.1, 0.15) is 12.5 Å². The first kappa shape index (κ1) is 36.8. The molecule has 1 heterocycles. The van der Waals surface area contributed by atoms with Crippen LogP contribution in [0.15, 0.2) is 146 Å². The molecule has 1 saturated heterocycles. The number of esters is 2. The van der Waals surface area contributed by atoms with Gasteiger partial charge in [-0.2, -0.15) is 0 Å². The van der Waals surface area contributed by atoms with Crippen molar-refractivity contribution in [2.24, 2.45) is 0 Å². The molecule has 0 unspecified atom stereocenters. The van der Waals surface area contributed by atoms with E-state index in [1.165, 1.54) is 36.1 Å². The Kier molecular flexibility index (Phi) is 11.5. The van der Waals surface area contributed by atoms with E-state index >= 15 is 0 Å². The number of nitro groups is 1. The molecule has 1 fully saturated rings. The number of benzene rings is 5. The number of para-hydroxylation sites is 1. The lowest BCUT2D eigenvalue weighted by atomic mass is 10.1. The van der Waals surface area contributed by atoms with Gasteiger partial charge in [-0.15, -0.1) is 0 Å². The lowest BCUT2D eigenvalue weighted by Crippen LogP contribution is -2.69. The van der Waals surface area contributed by atoms with Crippen molar-refractivity contribution in [2.75, 3.05) is 6.61 Å². The van der Waals surface area contributed by atoms with Gasteiger partial charge in [0.15, 0.2) is 11.7 Å². The van der Waals surface area contributed by atoms with Gasteiger partial charge in [-0.05, 0) is 45.7 Å². The minimum Gasteiger partial charge on any atom is -0.482 e. The SMILES string of the molecule is CC(=O)S[C@@H]1[C@@H](OC(=O)COc2ccccc2)C(=O)N1C(C(=O)OCc1ccc([N+](=O)[O-])cc1)=P(c1ccccc1)(c1ccccc1)c1ccccc1. The molecular formula is C40H33N2O9PS. The summed E-state index contributed by atoms with van der Waals surface area (Å²) in [5.41, 5.74) is 0.320. The van der Waals surface area contributed by atoms with Gasteiger partial charge < -0.3 is 14.2 Å². The zero-order valence-electron chi connectivity index (χ0n) is 28.3. The fourth-order valence-electron chi connectivity index (χ4n) is 5.98. The number of rotatable bonds is 13. The fraction of sp³-hybridized carbons (Fsp3) is 0.125. The molecule has 0 N–H and O–H groups in total. The third kappa shape index (κ3) is 7.94. The fourth-order valence-corrected chi connectivity index (χ4v) is 11.4. The van der Waals surface area contributed by atoms with E-state index in [2.05, 4.69) is 0 Å².